The van der Waals surface area contributed by atoms with Crippen molar-refractivity contribution >= 4 is 18.6 Å². The highest BCUT2D eigenvalue weighted by molar-refractivity contribution is 6.58. The standard InChI is InChI=1S/C8H10BFN2O4/c10-5-1-4(9(15)16)3-12-7(5)2-6(11)8(13)14/h1,3,6,15-16H,2,11H2,(H,13,14)/t6-/m0/s1. The van der Waals surface area contributed by atoms with Crippen molar-refractivity contribution in [1.82, 2.24) is 4.98 Å². The molecule has 0 aliphatic rings. The Morgan fingerprint density at radius 1 is 1.62 bits per heavy atom. The zero-order chi connectivity index (χ0) is 12.3. The second-order valence-corrected chi connectivity index (χ2v) is 3.22. The van der Waals surface area contributed by atoms with Gasteiger partial charge in [0.25, 0.3) is 0 Å². The third kappa shape index (κ3) is 2.99. The lowest BCUT2D eigenvalue weighted by molar-refractivity contribution is -0.138. The Bertz CT molecular complexity index is 402. The fourth-order valence-corrected chi connectivity index (χ4v) is 1.07. The Kier molecular flexibility index (Phi) is 3.94. The van der Waals surface area contributed by atoms with E-state index in [1.54, 1.807) is 0 Å². The van der Waals surface area contributed by atoms with Gasteiger partial charge in [0.2, 0.25) is 0 Å². The first-order chi connectivity index (χ1) is 7.41. The van der Waals surface area contributed by atoms with Gasteiger partial charge in [0.15, 0.2) is 0 Å². The van der Waals surface area contributed by atoms with Crippen LogP contribution < -0.4 is 11.2 Å². The number of nitrogens with zero attached hydrogens (tertiary/aromatic N) is 1. The highest BCUT2D eigenvalue weighted by Gasteiger charge is 2.18. The number of aliphatic carboxylic acids is 1. The molecule has 0 radical (unpaired) electrons. The van der Waals surface area contributed by atoms with Crippen LogP contribution in [0.25, 0.3) is 0 Å². The maximum absolute atomic E-state index is 13.3. The summed E-state index contributed by atoms with van der Waals surface area (Å²) >= 11 is 0. The van der Waals surface area contributed by atoms with Crippen molar-refractivity contribution < 1.29 is 24.3 Å². The van der Waals surface area contributed by atoms with Crippen molar-refractivity contribution in [3.05, 3.63) is 23.8 Å². The molecule has 0 spiro atoms. The van der Waals surface area contributed by atoms with Crippen LogP contribution in [0.4, 0.5) is 4.39 Å². The van der Waals surface area contributed by atoms with E-state index in [1.165, 1.54) is 0 Å². The van der Waals surface area contributed by atoms with Gasteiger partial charge in [-0.05, 0) is 6.07 Å². The van der Waals surface area contributed by atoms with Crippen molar-refractivity contribution in [1.29, 1.82) is 0 Å². The summed E-state index contributed by atoms with van der Waals surface area (Å²) < 4.78 is 13.3. The smallest absolute Gasteiger partial charge is 0.480 e. The van der Waals surface area contributed by atoms with Gasteiger partial charge in [-0.15, -0.1) is 0 Å². The molecule has 0 saturated carbocycles. The SMILES string of the molecule is N[C@@H](Cc1ncc(B(O)O)cc1F)C(=O)O. The van der Waals surface area contributed by atoms with Gasteiger partial charge in [-0.25, -0.2) is 4.39 Å². The number of carbonyl (C=O) groups is 1. The van der Waals surface area contributed by atoms with E-state index in [-0.39, 0.29) is 17.6 Å². The van der Waals surface area contributed by atoms with Crippen LogP contribution in [0, 0.1) is 5.82 Å². The lowest BCUT2D eigenvalue weighted by Gasteiger charge is -2.07. The molecule has 0 aromatic carbocycles. The predicted octanol–water partition coefficient (Wildman–Crippen LogP) is -2.15. The van der Waals surface area contributed by atoms with Gasteiger partial charge >= 0.3 is 13.1 Å². The second-order valence-electron chi connectivity index (χ2n) is 3.22. The van der Waals surface area contributed by atoms with Crippen LogP contribution in [0.2, 0.25) is 0 Å². The van der Waals surface area contributed by atoms with Crippen LogP contribution in [-0.4, -0.2) is 39.3 Å². The van der Waals surface area contributed by atoms with E-state index in [2.05, 4.69) is 4.98 Å². The maximum atomic E-state index is 13.3. The fourth-order valence-electron chi connectivity index (χ4n) is 1.07. The first kappa shape index (κ1) is 12.6. The first-order valence-corrected chi connectivity index (χ1v) is 4.40. The van der Waals surface area contributed by atoms with Crippen molar-refractivity contribution in [2.45, 2.75) is 12.5 Å². The summed E-state index contributed by atoms with van der Waals surface area (Å²) in [6.07, 6.45) is 0.792. The zero-order valence-electron chi connectivity index (χ0n) is 8.17. The van der Waals surface area contributed by atoms with E-state index < -0.39 is 24.9 Å². The number of hydrogen-bond acceptors (Lipinski definition) is 5. The van der Waals surface area contributed by atoms with Crippen LogP contribution in [0.3, 0.4) is 0 Å². The van der Waals surface area contributed by atoms with Crippen LogP contribution >= 0.6 is 0 Å². The fraction of sp³-hybridized carbons (Fsp3) is 0.250. The molecule has 0 fully saturated rings. The van der Waals surface area contributed by atoms with Crippen LogP contribution in [-0.2, 0) is 11.2 Å². The van der Waals surface area contributed by atoms with Gasteiger partial charge < -0.3 is 20.9 Å². The molecule has 86 valence electrons. The molecule has 8 heteroatoms. The topological polar surface area (TPSA) is 117 Å². The van der Waals surface area contributed by atoms with E-state index in [0.717, 1.165) is 12.3 Å². The molecule has 5 N–H and O–H groups in total. The van der Waals surface area contributed by atoms with E-state index in [9.17, 15) is 9.18 Å². The summed E-state index contributed by atoms with van der Waals surface area (Å²) in [5.41, 5.74) is 4.98. The molecule has 1 aromatic rings. The van der Waals surface area contributed by atoms with Crippen LogP contribution in [0.1, 0.15) is 5.69 Å². The second kappa shape index (κ2) is 5.02. The molecule has 0 aliphatic carbocycles. The Morgan fingerprint density at radius 3 is 2.69 bits per heavy atom. The van der Waals surface area contributed by atoms with Gasteiger partial charge in [0.05, 0.1) is 5.69 Å². The number of rotatable bonds is 4. The van der Waals surface area contributed by atoms with Crippen LogP contribution in [0.5, 0.6) is 0 Å². The molecule has 0 aliphatic heterocycles. The molecule has 0 amide bonds. The summed E-state index contributed by atoms with van der Waals surface area (Å²) in [5, 5.41) is 26.0. The molecule has 1 atom stereocenters. The van der Waals surface area contributed by atoms with Crippen LogP contribution in [0.15, 0.2) is 12.3 Å². The van der Waals surface area contributed by atoms with Gasteiger partial charge in [0, 0.05) is 18.1 Å². The highest BCUT2D eigenvalue weighted by Crippen LogP contribution is 2.04. The third-order valence-electron chi connectivity index (χ3n) is 1.97. The Labute approximate surface area is 90.7 Å². The number of hydrogen-bond donors (Lipinski definition) is 4. The first-order valence-electron chi connectivity index (χ1n) is 4.40. The quantitative estimate of drug-likeness (QED) is 0.436. The van der Waals surface area contributed by atoms with E-state index in [1.807, 2.05) is 0 Å². The number of nitrogens with two attached hydrogens (primary N) is 1. The molecular weight excluding hydrogens is 218 g/mol. The zero-order valence-corrected chi connectivity index (χ0v) is 8.17. The highest BCUT2D eigenvalue weighted by atomic mass is 19.1. The number of halogens is 1. The van der Waals surface area contributed by atoms with E-state index in [0.29, 0.717) is 0 Å². The molecule has 0 bridgehead atoms. The van der Waals surface area contributed by atoms with Crippen molar-refractivity contribution in [3.63, 3.8) is 0 Å². The molecule has 0 unspecified atom stereocenters. The molecular formula is C8H10BFN2O4. The average molecular weight is 228 g/mol. The molecule has 1 aromatic heterocycles. The number of pyridine rings is 1. The maximum Gasteiger partial charge on any atom is 0.490 e. The number of aromatic nitrogens is 1. The summed E-state index contributed by atoms with van der Waals surface area (Å²) in [6.45, 7) is 0. The van der Waals surface area contributed by atoms with Crippen molar-refractivity contribution in [3.8, 4) is 0 Å². The Morgan fingerprint density at radius 2 is 2.25 bits per heavy atom. The van der Waals surface area contributed by atoms with Crippen molar-refractivity contribution in [2.24, 2.45) is 5.73 Å². The lowest BCUT2D eigenvalue weighted by Crippen LogP contribution is -2.34. The normalized spacial score (nSPS) is 12.2. The van der Waals surface area contributed by atoms with Gasteiger partial charge in [-0.1, -0.05) is 0 Å². The minimum atomic E-state index is -1.82. The van der Waals surface area contributed by atoms with Gasteiger partial charge in [0.1, 0.15) is 11.9 Å². The molecule has 1 rings (SSSR count). The third-order valence-corrected chi connectivity index (χ3v) is 1.97. The number of carboxylic acids is 1. The lowest BCUT2D eigenvalue weighted by atomic mass is 9.81. The van der Waals surface area contributed by atoms with Gasteiger partial charge in [-0.3, -0.25) is 9.78 Å². The van der Waals surface area contributed by atoms with E-state index in [4.69, 9.17) is 20.9 Å². The van der Waals surface area contributed by atoms with E-state index >= 15 is 0 Å². The minimum Gasteiger partial charge on any atom is -0.480 e. The predicted molar refractivity (Wildman–Crippen MR) is 53.3 cm³/mol. The summed E-state index contributed by atoms with van der Waals surface area (Å²) in [4.78, 5) is 14.0. The molecule has 1 heterocycles. The Hall–Kier alpha value is -1.51. The minimum absolute atomic E-state index is 0.106. The Balaban J connectivity index is 2.87. The summed E-state index contributed by atoms with van der Waals surface area (Å²) in [7, 11) is -1.82. The monoisotopic (exact) mass is 228 g/mol. The molecule has 16 heavy (non-hydrogen) atoms. The average Bonchev–Trinajstić information content (AvgIpc) is 2.20. The summed E-state index contributed by atoms with van der Waals surface area (Å²) in [6, 6.07) is -0.367. The largest absolute Gasteiger partial charge is 0.490 e. The number of carboxylic acid groups (broad SMARTS) is 1. The van der Waals surface area contributed by atoms with Gasteiger partial charge in [-0.2, -0.15) is 0 Å². The molecule has 6 nitrogen and oxygen atoms in total. The van der Waals surface area contributed by atoms with Crippen molar-refractivity contribution in [2.75, 3.05) is 0 Å². The molecule has 0 saturated heterocycles. The summed E-state index contributed by atoms with van der Waals surface area (Å²) in [5.74, 6) is -2.07.